The van der Waals surface area contributed by atoms with Crippen LogP contribution in [0.4, 0.5) is 0 Å². The molecule has 4 heteroatoms. The minimum atomic E-state index is -0.947. The summed E-state index contributed by atoms with van der Waals surface area (Å²) >= 11 is 0. The van der Waals surface area contributed by atoms with E-state index in [-0.39, 0.29) is 32.7 Å². The number of carboxylic acid groups (broad SMARTS) is 1. The second-order valence-corrected chi connectivity index (χ2v) is 0.771. The molecule has 3 nitrogen and oxygen atoms in total. The van der Waals surface area contributed by atoms with Crippen LogP contribution < -0.4 is 5.32 Å². The van der Waals surface area contributed by atoms with Gasteiger partial charge in [0, 0.05) is 32.7 Å². The Hall–Kier alpha value is 0.404. The van der Waals surface area contributed by atoms with Crippen LogP contribution in [0.5, 0.6) is 0 Å². The van der Waals surface area contributed by atoms with Crippen LogP contribution in [0.3, 0.4) is 0 Å². The first kappa shape index (κ1) is 10.4. The summed E-state index contributed by atoms with van der Waals surface area (Å²) in [7, 11) is 1.54. The van der Waals surface area contributed by atoms with E-state index in [0.29, 0.717) is 0 Å². The summed E-state index contributed by atoms with van der Waals surface area (Å²) in [6.45, 7) is 0.958. The smallest absolute Gasteiger partial charge is 0.177 e. The zero-order valence-electron chi connectivity index (χ0n) is 4.01. The first-order chi connectivity index (χ1) is 2.77. The first-order valence-electron chi connectivity index (χ1n) is 1.51. The fraction of sp³-hybridized carbons (Fsp3) is 0.333. The van der Waals surface area contributed by atoms with Gasteiger partial charge in [0.05, 0.1) is 0 Å². The van der Waals surface area contributed by atoms with E-state index in [1.165, 1.54) is 7.05 Å². The summed E-state index contributed by atoms with van der Waals surface area (Å²) in [4.78, 5) is 9.48. The Labute approximate surface area is 67.4 Å². The van der Waals surface area contributed by atoms with Crippen molar-refractivity contribution in [3.05, 3.63) is 6.54 Å². The van der Waals surface area contributed by atoms with Crippen molar-refractivity contribution in [1.82, 2.24) is 5.32 Å². The molecule has 0 aromatic heterocycles. The van der Waals surface area contributed by atoms with Gasteiger partial charge in [0.15, 0.2) is 5.97 Å². The van der Waals surface area contributed by atoms with Crippen molar-refractivity contribution in [3.8, 4) is 0 Å². The summed E-state index contributed by atoms with van der Waals surface area (Å²) < 4.78 is 0. The van der Waals surface area contributed by atoms with Gasteiger partial charge in [-0.1, -0.05) is 0 Å². The van der Waals surface area contributed by atoms with E-state index < -0.39 is 5.97 Å². The molecule has 0 aromatic rings. The van der Waals surface area contributed by atoms with Crippen LogP contribution >= 0.6 is 0 Å². The second-order valence-electron chi connectivity index (χ2n) is 0.771. The molecule has 0 amide bonds. The largest absolute Gasteiger partial charge is 0.502 e. The van der Waals surface area contributed by atoms with Gasteiger partial charge in [0.1, 0.15) is 0 Å². The number of rotatable bonds is 2. The van der Waals surface area contributed by atoms with Gasteiger partial charge in [-0.25, -0.2) is 6.54 Å². The maximum Gasteiger partial charge on any atom is 0.177 e. The quantitative estimate of drug-likeness (QED) is 0.556. The molecule has 2 N–H and O–H groups in total. The molecule has 0 rings (SSSR count). The minimum absolute atomic E-state index is 0. The van der Waals surface area contributed by atoms with Crippen LogP contribution in [0, 0.1) is 6.54 Å². The average molecular weight is 177 g/mol. The van der Waals surface area contributed by atoms with E-state index in [1.807, 2.05) is 0 Å². The number of likely N-dealkylation sites (N-methyl/N-ethyl adjacent to an activating group) is 1. The molecular formula is C3H6NO2Y-. The number of aliphatic carboxylic acids is 1. The SMILES string of the molecule is CN[CH-]C(=O)O.[Y]. The van der Waals surface area contributed by atoms with E-state index in [9.17, 15) is 4.79 Å². The number of nitrogens with one attached hydrogen (secondary N) is 1. The minimum Gasteiger partial charge on any atom is -0.502 e. The van der Waals surface area contributed by atoms with E-state index in [2.05, 4.69) is 5.32 Å². The first-order valence-corrected chi connectivity index (χ1v) is 1.51. The van der Waals surface area contributed by atoms with Crippen molar-refractivity contribution < 1.29 is 42.6 Å². The van der Waals surface area contributed by atoms with Gasteiger partial charge >= 0.3 is 0 Å². The van der Waals surface area contributed by atoms with Crippen LogP contribution in [0.15, 0.2) is 0 Å². The second kappa shape index (κ2) is 6.40. The van der Waals surface area contributed by atoms with Crippen LogP contribution in [-0.2, 0) is 37.5 Å². The Bertz CT molecular complexity index is 56.9. The van der Waals surface area contributed by atoms with E-state index in [4.69, 9.17) is 5.11 Å². The predicted octanol–water partition coefficient (Wildman–Crippen LogP) is -0.550. The Morgan fingerprint density at radius 1 is 1.86 bits per heavy atom. The molecule has 39 valence electrons. The summed E-state index contributed by atoms with van der Waals surface area (Å²) in [6, 6.07) is 0. The number of hydrogen-bond acceptors (Lipinski definition) is 2. The standard InChI is InChI=1S/C3H6NO2.Y/c1-4-2-3(5)6;/h2,4H,1H3,(H,5,6);/q-1;. The fourth-order valence-corrected chi connectivity index (χ4v) is 0.123. The zero-order chi connectivity index (χ0) is 4.99. The number of carbonyl (C=O) groups is 1. The predicted molar refractivity (Wildman–Crippen MR) is 21.0 cm³/mol. The number of carboxylic acids is 1. The Balaban J connectivity index is 0. The molecular weight excluding hydrogens is 171 g/mol. The van der Waals surface area contributed by atoms with Gasteiger partial charge in [0.2, 0.25) is 0 Å². The van der Waals surface area contributed by atoms with E-state index >= 15 is 0 Å². The summed E-state index contributed by atoms with van der Waals surface area (Å²) in [5, 5.41) is 10.1. The normalized spacial score (nSPS) is 6.43. The van der Waals surface area contributed by atoms with Crippen LogP contribution in [-0.4, -0.2) is 18.1 Å². The van der Waals surface area contributed by atoms with Crippen molar-refractivity contribution in [2.75, 3.05) is 7.05 Å². The molecule has 0 aromatic carbocycles. The fourth-order valence-electron chi connectivity index (χ4n) is 0.123. The Morgan fingerprint density at radius 3 is 2.29 bits per heavy atom. The molecule has 0 aliphatic heterocycles. The molecule has 0 heterocycles. The zero-order valence-corrected chi connectivity index (χ0v) is 6.85. The van der Waals surface area contributed by atoms with Gasteiger partial charge in [-0.2, -0.15) is 0 Å². The van der Waals surface area contributed by atoms with Crippen LogP contribution in [0.1, 0.15) is 0 Å². The third-order valence-corrected chi connectivity index (χ3v) is 0.268. The maximum atomic E-state index is 9.48. The molecule has 1 radical (unpaired) electrons. The van der Waals surface area contributed by atoms with Crippen molar-refractivity contribution in [1.29, 1.82) is 0 Å². The van der Waals surface area contributed by atoms with Crippen LogP contribution in [0.2, 0.25) is 0 Å². The van der Waals surface area contributed by atoms with Crippen molar-refractivity contribution in [2.45, 2.75) is 0 Å². The van der Waals surface area contributed by atoms with Gasteiger partial charge < -0.3 is 10.4 Å². The van der Waals surface area contributed by atoms with Crippen molar-refractivity contribution in [2.24, 2.45) is 0 Å². The molecule has 0 saturated carbocycles. The summed E-state index contributed by atoms with van der Waals surface area (Å²) in [5.74, 6) is -0.947. The molecule has 0 atom stereocenters. The Kier molecular flexibility index (Phi) is 9.51. The Morgan fingerprint density at radius 2 is 2.29 bits per heavy atom. The molecule has 0 aliphatic rings. The average Bonchev–Trinajstić information content (AvgIpc) is 1.35. The monoisotopic (exact) mass is 177 g/mol. The summed E-state index contributed by atoms with van der Waals surface area (Å²) in [6.07, 6.45) is 0. The third kappa shape index (κ3) is 10.7. The van der Waals surface area contributed by atoms with Gasteiger partial charge in [-0.15, -0.1) is 0 Å². The molecule has 0 fully saturated rings. The van der Waals surface area contributed by atoms with Gasteiger partial charge in [-0.3, -0.25) is 4.79 Å². The molecule has 7 heavy (non-hydrogen) atoms. The van der Waals surface area contributed by atoms with E-state index in [1.54, 1.807) is 0 Å². The molecule has 0 bridgehead atoms. The molecule has 0 unspecified atom stereocenters. The third-order valence-electron chi connectivity index (χ3n) is 0.268. The molecule has 0 saturated heterocycles. The van der Waals surface area contributed by atoms with Crippen molar-refractivity contribution in [3.63, 3.8) is 0 Å². The summed E-state index contributed by atoms with van der Waals surface area (Å²) in [5.41, 5.74) is 0. The topological polar surface area (TPSA) is 49.3 Å². The van der Waals surface area contributed by atoms with Gasteiger partial charge in [-0.05, 0) is 7.05 Å². The van der Waals surface area contributed by atoms with Gasteiger partial charge in [0.25, 0.3) is 0 Å². The molecule has 0 spiro atoms. The van der Waals surface area contributed by atoms with Crippen LogP contribution in [0.25, 0.3) is 0 Å². The van der Waals surface area contributed by atoms with Crippen molar-refractivity contribution >= 4 is 5.97 Å². The maximum absolute atomic E-state index is 9.48. The number of hydrogen-bond donors (Lipinski definition) is 2. The van der Waals surface area contributed by atoms with E-state index in [0.717, 1.165) is 6.54 Å². The molecule has 0 aliphatic carbocycles.